The van der Waals surface area contributed by atoms with E-state index in [1.165, 1.54) is 11.1 Å². The number of nitrogens with zero attached hydrogens (tertiary/aromatic N) is 1. The van der Waals surface area contributed by atoms with Crippen LogP contribution in [0.1, 0.15) is 35.5 Å². The van der Waals surface area contributed by atoms with Crippen molar-refractivity contribution in [3.05, 3.63) is 63.9 Å². The van der Waals surface area contributed by atoms with Crippen LogP contribution in [0.4, 0.5) is 0 Å². The number of halogens is 1. The summed E-state index contributed by atoms with van der Waals surface area (Å²) in [5.74, 6) is 0. The fourth-order valence-corrected chi connectivity index (χ4v) is 2.73. The third-order valence-electron chi connectivity index (χ3n) is 3.29. The number of aryl methyl sites for hydroxylation is 2. The van der Waals surface area contributed by atoms with E-state index in [2.05, 4.69) is 35.4 Å². The summed E-state index contributed by atoms with van der Waals surface area (Å²) in [6.07, 6.45) is 0.928. The maximum Gasteiger partial charge on any atom is 0.0408 e. The van der Waals surface area contributed by atoms with Crippen molar-refractivity contribution < 1.29 is 0 Å². The summed E-state index contributed by atoms with van der Waals surface area (Å²) in [6, 6.07) is 12.7. The van der Waals surface area contributed by atoms with Crippen molar-refractivity contribution in [2.24, 2.45) is 0 Å². The maximum absolute atomic E-state index is 6.07. The van der Waals surface area contributed by atoms with Crippen molar-refractivity contribution in [2.45, 2.75) is 33.2 Å². The van der Waals surface area contributed by atoms with Crippen molar-refractivity contribution in [3.8, 4) is 0 Å². The first kappa shape index (κ1) is 15.0. The summed E-state index contributed by atoms with van der Waals surface area (Å²) in [7, 11) is 0. The molecule has 0 aliphatic heterocycles. The van der Waals surface area contributed by atoms with Gasteiger partial charge in [0, 0.05) is 22.5 Å². The molecular formula is C17H21ClN2. The third kappa shape index (κ3) is 4.06. The van der Waals surface area contributed by atoms with Crippen LogP contribution in [0.3, 0.4) is 0 Å². The molecule has 0 saturated heterocycles. The lowest BCUT2D eigenvalue weighted by Gasteiger charge is -2.19. The van der Waals surface area contributed by atoms with E-state index >= 15 is 0 Å². The van der Waals surface area contributed by atoms with Crippen molar-refractivity contribution in [1.29, 1.82) is 0 Å². The number of nitrogens with one attached hydrogen (secondary N) is 1. The van der Waals surface area contributed by atoms with Crippen LogP contribution in [0.2, 0.25) is 5.02 Å². The van der Waals surface area contributed by atoms with Gasteiger partial charge in [-0.15, -0.1) is 0 Å². The van der Waals surface area contributed by atoms with E-state index < -0.39 is 0 Å². The van der Waals surface area contributed by atoms with E-state index in [0.29, 0.717) is 6.04 Å². The van der Waals surface area contributed by atoms with Crippen LogP contribution in [-0.4, -0.2) is 11.5 Å². The molecule has 106 valence electrons. The van der Waals surface area contributed by atoms with E-state index in [1.807, 2.05) is 32.0 Å². The van der Waals surface area contributed by atoms with Crippen molar-refractivity contribution in [2.75, 3.05) is 6.54 Å². The Morgan fingerprint density at radius 3 is 2.45 bits per heavy atom. The minimum Gasteiger partial charge on any atom is -0.310 e. The molecule has 1 N–H and O–H groups in total. The number of pyridine rings is 1. The molecule has 0 saturated carbocycles. The summed E-state index contributed by atoms with van der Waals surface area (Å²) in [6.45, 7) is 7.15. The van der Waals surface area contributed by atoms with Crippen LogP contribution in [0.15, 0.2) is 36.4 Å². The fraction of sp³-hybridized carbons (Fsp3) is 0.353. The fourth-order valence-electron chi connectivity index (χ4n) is 2.52. The first-order valence-corrected chi connectivity index (χ1v) is 7.39. The highest BCUT2D eigenvalue weighted by atomic mass is 35.5. The number of likely N-dealkylation sites (N-methyl/N-ethyl adjacent to an activating group) is 1. The predicted octanol–water partition coefficient (Wildman–Crippen LogP) is 4.25. The van der Waals surface area contributed by atoms with Gasteiger partial charge in [0.25, 0.3) is 0 Å². The van der Waals surface area contributed by atoms with Gasteiger partial charge in [-0.3, -0.25) is 4.98 Å². The van der Waals surface area contributed by atoms with E-state index in [0.717, 1.165) is 29.4 Å². The second-order valence-electron chi connectivity index (χ2n) is 5.13. The van der Waals surface area contributed by atoms with Gasteiger partial charge in [-0.2, -0.15) is 0 Å². The number of aromatic nitrogens is 1. The average Bonchev–Trinajstić information content (AvgIpc) is 2.37. The molecule has 1 heterocycles. The second kappa shape index (κ2) is 6.87. The summed E-state index contributed by atoms with van der Waals surface area (Å²) >= 11 is 6.07. The molecule has 0 fully saturated rings. The average molecular weight is 289 g/mol. The SMILES string of the molecule is CCNC(Cc1cccc(Cl)c1)c1cc(C)nc(C)c1. The van der Waals surface area contributed by atoms with E-state index in [9.17, 15) is 0 Å². The van der Waals surface area contributed by atoms with Crippen LogP contribution in [0, 0.1) is 13.8 Å². The van der Waals surface area contributed by atoms with Crippen molar-refractivity contribution in [1.82, 2.24) is 10.3 Å². The Morgan fingerprint density at radius 2 is 1.85 bits per heavy atom. The Kier molecular flexibility index (Phi) is 5.16. The molecule has 1 unspecified atom stereocenters. The van der Waals surface area contributed by atoms with E-state index in [-0.39, 0.29) is 0 Å². The number of hydrogen-bond donors (Lipinski definition) is 1. The van der Waals surface area contributed by atoms with Gasteiger partial charge in [0.15, 0.2) is 0 Å². The number of hydrogen-bond acceptors (Lipinski definition) is 2. The Morgan fingerprint density at radius 1 is 1.15 bits per heavy atom. The highest BCUT2D eigenvalue weighted by Gasteiger charge is 2.12. The molecular weight excluding hydrogens is 268 g/mol. The molecule has 3 heteroatoms. The Labute approximate surface area is 126 Å². The Balaban J connectivity index is 2.26. The monoisotopic (exact) mass is 288 g/mol. The van der Waals surface area contributed by atoms with Gasteiger partial charge in [-0.05, 0) is 62.2 Å². The van der Waals surface area contributed by atoms with Crippen molar-refractivity contribution >= 4 is 11.6 Å². The first-order valence-electron chi connectivity index (χ1n) is 7.01. The van der Waals surface area contributed by atoms with Gasteiger partial charge >= 0.3 is 0 Å². The van der Waals surface area contributed by atoms with Crippen LogP contribution in [0.25, 0.3) is 0 Å². The van der Waals surface area contributed by atoms with Gasteiger partial charge in [-0.25, -0.2) is 0 Å². The molecule has 0 amide bonds. The molecule has 0 radical (unpaired) electrons. The molecule has 1 atom stereocenters. The summed E-state index contributed by atoms with van der Waals surface area (Å²) in [5, 5.41) is 4.34. The quantitative estimate of drug-likeness (QED) is 0.890. The number of benzene rings is 1. The van der Waals surface area contributed by atoms with Crippen LogP contribution in [0.5, 0.6) is 0 Å². The zero-order valence-electron chi connectivity index (χ0n) is 12.3. The predicted molar refractivity (Wildman–Crippen MR) is 85.3 cm³/mol. The zero-order chi connectivity index (χ0) is 14.5. The van der Waals surface area contributed by atoms with E-state index in [1.54, 1.807) is 0 Å². The molecule has 1 aromatic carbocycles. The van der Waals surface area contributed by atoms with Crippen LogP contribution >= 0.6 is 11.6 Å². The summed E-state index contributed by atoms with van der Waals surface area (Å²) in [4.78, 5) is 4.45. The topological polar surface area (TPSA) is 24.9 Å². The Hall–Kier alpha value is -1.38. The lowest BCUT2D eigenvalue weighted by molar-refractivity contribution is 0.548. The standard InChI is InChI=1S/C17H21ClN2/c1-4-19-17(11-14-6-5-7-16(18)10-14)15-8-12(2)20-13(3)9-15/h5-10,17,19H,4,11H2,1-3H3. The van der Waals surface area contributed by atoms with Gasteiger partial charge < -0.3 is 5.32 Å². The minimum absolute atomic E-state index is 0.291. The second-order valence-corrected chi connectivity index (χ2v) is 5.56. The Bertz CT molecular complexity index is 561. The largest absolute Gasteiger partial charge is 0.310 e. The van der Waals surface area contributed by atoms with Crippen molar-refractivity contribution in [3.63, 3.8) is 0 Å². The molecule has 20 heavy (non-hydrogen) atoms. The first-order chi connectivity index (χ1) is 9.58. The normalized spacial score (nSPS) is 12.4. The molecule has 1 aromatic heterocycles. The smallest absolute Gasteiger partial charge is 0.0408 e. The molecule has 2 rings (SSSR count). The zero-order valence-corrected chi connectivity index (χ0v) is 13.0. The van der Waals surface area contributed by atoms with Gasteiger partial charge in [0.1, 0.15) is 0 Å². The summed E-state index contributed by atoms with van der Waals surface area (Å²) in [5.41, 5.74) is 4.66. The molecule has 0 spiro atoms. The van der Waals surface area contributed by atoms with Crippen LogP contribution in [-0.2, 0) is 6.42 Å². The molecule has 0 bridgehead atoms. The van der Waals surface area contributed by atoms with Gasteiger partial charge in [0.05, 0.1) is 0 Å². The molecule has 0 aliphatic carbocycles. The highest BCUT2D eigenvalue weighted by molar-refractivity contribution is 6.30. The lowest BCUT2D eigenvalue weighted by Crippen LogP contribution is -2.23. The number of rotatable bonds is 5. The molecule has 2 aromatic rings. The summed E-state index contributed by atoms with van der Waals surface area (Å²) < 4.78 is 0. The highest BCUT2D eigenvalue weighted by Crippen LogP contribution is 2.21. The third-order valence-corrected chi connectivity index (χ3v) is 3.52. The minimum atomic E-state index is 0.291. The van der Waals surface area contributed by atoms with E-state index in [4.69, 9.17) is 11.6 Å². The lowest BCUT2D eigenvalue weighted by atomic mass is 9.98. The maximum atomic E-state index is 6.07. The van der Waals surface area contributed by atoms with Gasteiger partial charge in [0.2, 0.25) is 0 Å². The van der Waals surface area contributed by atoms with Crippen LogP contribution < -0.4 is 5.32 Å². The molecule has 2 nitrogen and oxygen atoms in total. The van der Waals surface area contributed by atoms with Gasteiger partial charge in [-0.1, -0.05) is 30.7 Å². The molecule has 0 aliphatic rings.